The molecule has 2 aromatic carbocycles. The van der Waals surface area contributed by atoms with Crippen LogP contribution in [0.25, 0.3) is 22.5 Å². The highest BCUT2D eigenvalue weighted by atomic mass is 16.4. The molecule has 43 heavy (non-hydrogen) atoms. The normalized spacial score (nSPS) is 11.5. The molecule has 0 fully saturated rings. The van der Waals surface area contributed by atoms with Crippen molar-refractivity contribution in [1.29, 1.82) is 0 Å². The number of aryl methyl sites for hydroxylation is 1. The highest BCUT2D eigenvalue weighted by molar-refractivity contribution is 5.92. The Morgan fingerprint density at radius 1 is 1.02 bits per heavy atom. The van der Waals surface area contributed by atoms with Crippen molar-refractivity contribution in [1.82, 2.24) is 51.6 Å². The summed E-state index contributed by atoms with van der Waals surface area (Å²) in [4.78, 5) is 51.7. The predicted molar refractivity (Wildman–Crippen MR) is 153 cm³/mol. The van der Waals surface area contributed by atoms with E-state index in [0.29, 0.717) is 24.6 Å². The molecule has 0 aliphatic heterocycles. The molecule has 15 heteroatoms. The SMILES string of the molecule is CCCCc1nc(C(=O)NNC(=O)CCC(NC(C)=O)C(=O)O)nn1Cc1ccc(-c2ccccc2-c2nn[nH]n2)cc1. The van der Waals surface area contributed by atoms with Gasteiger partial charge in [0.25, 0.3) is 0 Å². The number of hydrogen-bond acceptors (Lipinski definition) is 9. The number of benzene rings is 2. The van der Waals surface area contributed by atoms with Gasteiger partial charge in [-0.2, -0.15) is 5.21 Å². The van der Waals surface area contributed by atoms with Crippen molar-refractivity contribution in [2.45, 2.75) is 58.5 Å². The summed E-state index contributed by atoms with van der Waals surface area (Å²) in [6.45, 7) is 3.61. The fourth-order valence-electron chi connectivity index (χ4n) is 4.31. The number of aromatic amines is 1. The lowest BCUT2D eigenvalue weighted by atomic mass is 9.98. The highest BCUT2D eigenvalue weighted by Crippen LogP contribution is 2.29. The molecule has 0 radical (unpaired) electrons. The first-order valence-corrected chi connectivity index (χ1v) is 13.7. The summed E-state index contributed by atoms with van der Waals surface area (Å²) in [5, 5.41) is 30.1. The second-order valence-corrected chi connectivity index (χ2v) is 9.72. The van der Waals surface area contributed by atoms with E-state index in [1.807, 2.05) is 48.5 Å². The molecule has 0 bridgehead atoms. The maximum absolute atomic E-state index is 12.7. The van der Waals surface area contributed by atoms with Crippen molar-refractivity contribution in [2.24, 2.45) is 0 Å². The average Bonchev–Trinajstić information content (AvgIpc) is 3.68. The van der Waals surface area contributed by atoms with E-state index < -0.39 is 29.7 Å². The van der Waals surface area contributed by atoms with Gasteiger partial charge in [-0.05, 0) is 34.7 Å². The number of hydrogen-bond donors (Lipinski definition) is 5. The van der Waals surface area contributed by atoms with Crippen molar-refractivity contribution >= 4 is 23.7 Å². The number of carbonyl (C=O) groups excluding carboxylic acids is 3. The van der Waals surface area contributed by atoms with Gasteiger partial charge < -0.3 is 10.4 Å². The quantitative estimate of drug-likeness (QED) is 0.143. The number of unbranched alkanes of at least 4 members (excludes halogenated alkanes) is 1. The van der Waals surface area contributed by atoms with Crippen molar-refractivity contribution in [3.8, 4) is 22.5 Å². The third-order valence-electron chi connectivity index (χ3n) is 6.47. The summed E-state index contributed by atoms with van der Waals surface area (Å²) in [7, 11) is 0. The zero-order chi connectivity index (χ0) is 30.8. The number of tetrazole rings is 1. The number of carboxylic acids is 1. The van der Waals surface area contributed by atoms with Gasteiger partial charge in [0.05, 0.1) is 6.54 Å². The summed E-state index contributed by atoms with van der Waals surface area (Å²) in [6.07, 6.45) is 2.00. The number of amides is 3. The van der Waals surface area contributed by atoms with Gasteiger partial charge in [0.15, 0.2) is 0 Å². The van der Waals surface area contributed by atoms with E-state index >= 15 is 0 Å². The summed E-state index contributed by atoms with van der Waals surface area (Å²) in [5.74, 6) is -2.11. The summed E-state index contributed by atoms with van der Waals surface area (Å²) in [5.41, 5.74) is 8.21. The fourth-order valence-corrected chi connectivity index (χ4v) is 4.31. The molecule has 0 aliphatic carbocycles. The molecule has 3 amide bonds. The minimum absolute atomic E-state index is 0.112. The molecule has 0 saturated carbocycles. The second-order valence-electron chi connectivity index (χ2n) is 9.72. The van der Waals surface area contributed by atoms with Crippen LogP contribution in [0.5, 0.6) is 0 Å². The molecule has 5 N–H and O–H groups in total. The number of rotatable bonds is 13. The molecular formula is C28H32N10O5. The lowest BCUT2D eigenvalue weighted by Crippen LogP contribution is -2.44. The number of nitrogens with one attached hydrogen (secondary N) is 4. The zero-order valence-corrected chi connectivity index (χ0v) is 23.7. The van der Waals surface area contributed by atoms with Crippen LogP contribution in [0.4, 0.5) is 0 Å². The molecule has 0 saturated heterocycles. The van der Waals surface area contributed by atoms with Crippen molar-refractivity contribution in [2.75, 3.05) is 0 Å². The van der Waals surface area contributed by atoms with Crippen LogP contribution in [-0.2, 0) is 27.3 Å². The number of hydrazine groups is 1. The van der Waals surface area contributed by atoms with Crippen LogP contribution in [0.2, 0.25) is 0 Å². The number of aliphatic carboxylic acids is 1. The Hall–Kier alpha value is -5.47. The topological polar surface area (TPSA) is 210 Å². The van der Waals surface area contributed by atoms with E-state index in [-0.39, 0.29) is 18.7 Å². The molecular weight excluding hydrogens is 556 g/mol. The van der Waals surface area contributed by atoms with Gasteiger partial charge in [-0.15, -0.1) is 15.3 Å². The predicted octanol–water partition coefficient (Wildman–Crippen LogP) is 1.65. The standard InChI is InChI=1S/C28H32N10O5/c1-3-4-9-23-30-26(27(41)34-31-24(40)15-14-22(28(42)43)29-17(2)39)35-38(23)16-18-10-12-19(13-11-18)20-7-5-6-8-21(20)25-32-36-37-33-25/h5-8,10-13,22H,3-4,9,14-16H2,1-2H3,(H,29,39)(H,31,40)(H,34,41)(H,42,43)(H,32,33,36,37). The molecule has 2 heterocycles. The lowest BCUT2D eigenvalue weighted by Gasteiger charge is -2.12. The summed E-state index contributed by atoms with van der Waals surface area (Å²) < 4.78 is 1.67. The molecule has 1 atom stereocenters. The highest BCUT2D eigenvalue weighted by Gasteiger charge is 2.21. The molecule has 4 aromatic rings. The second kappa shape index (κ2) is 14.4. The number of H-pyrrole nitrogens is 1. The van der Waals surface area contributed by atoms with E-state index in [9.17, 15) is 19.2 Å². The van der Waals surface area contributed by atoms with E-state index in [1.54, 1.807) is 4.68 Å². The van der Waals surface area contributed by atoms with Gasteiger partial charge in [-0.1, -0.05) is 61.9 Å². The zero-order valence-electron chi connectivity index (χ0n) is 23.7. The Bertz CT molecular complexity index is 1570. The minimum Gasteiger partial charge on any atom is -0.480 e. The van der Waals surface area contributed by atoms with E-state index in [4.69, 9.17) is 5.11 Å². The van der Waals surface area contributed by atoms with Gasteiger partial charge in [-0.25, -0.2) is 14.5 Å². The number of carboxylic acid groups (broad SMARTS) is 1. The maximum atomic E-state index is 12.7. The van der Waals surface area contributed by atoms with Gasteiger partial charge >= 0.3 is 11.9 Å². The van der Waals surface area contributed by atoms with Crippen molar-refractivity contribution in [3.05, 3.63) is 65.7 Å². The Morgan fingerprint density at radius 2 is 1.77 bits per heavy atom. The number of carbonyl (C=O) groups is 4. The first-order chi connectivity index (χ1) is 20.7. The molecule has 15 nitrogen and oxygen atoms in total. The van der Waals surface area contributed by atoms with Crippen LogP contribution in [0.3, 0.4) is 0 Å². The fraction of sp³-hybridized carbons (Fsp3) is 0.321. The van der Waals surface area contributed by atoms with Crippen LogP contribution in [0.15, 0.2) is 48.5 Å². The monoisotopic (exact) mass is 588 g/mol. The molecule has 4 rings (SSSR count). The van der Waals surface area contributed by atoms with Crippen LogP contribution >= 0.6 is 0 Å². The number of aromatic nitrogens is 7. The van der Waals surface area contributed by atoms with E-state index in [2.05, 4.69) is 53.8 Å². The Labute approximate surface area is 246 Å². The molecule has 224 valence electrons. The van der Waals surface area contributed by atoms with Gasteiger partial charge in [0, 0.05) is 25.3 Å². The molecule has 1 unspecified atom stereocenters. The van der Waals surface area contributed by atoms with Crippen molar-refractivity contribution in [3.63, 3.8) is 0 Å². The summed E-state index contributed by atoms with van der Waals surface area (Å²) in [6, 6.07) is 14.5. The van der Waals surface area contributed by atoms with Crippen LogP contribution in [-0.4, -0.2) is 70.2 Å². The summed E-state index contributed by atoms with van der Waals surface area (Å²) >= 11 is 0. The third kappa shape index (κ3) is 8.28. The third-order valence-corrected chi connectivity index (χ3v) is 6.47. The Balaban J connectivity index is 1.41. The van der Waals surface area contributed by atoms with Crippen molar-refractivity contribution < 1.29 is 24.3 Å². The smallest absolute Gasteiger partial charge is 0.326 e. The van der Waals surface area contributed by atoms with E-state index in [0.717, 1.165) is 35.1 Å². The Morgan fingerprint density at radius 3 is 2.42 bits per heavy atom. The van der Waals surface area contributed by atoms with Gasteiger partial charge in [-0.3, -0.25) is 25.2 Å². The largest absolute Gasteiger partial charge is 0.480 e. The first kappa shape index (κ1) is 30.5. The average molecular weight is 589 g/mol. The minimum atomic E-state index is -1.26. The molecule has 0 aliphatic rings. The van der Waals surface area contributed by atoms with Gasteiger partial charge in [0.1, 0.15) is 11.9 Å². The molecule has 2 aromatic heterocycles. The lowest BCUT2D eigenvalue weighted by molar-refractivity contribution is -0.141. The molecule has 0 spiro atoms. The van der Waals surface area contributed by atoms with Gasteiger partial charge in [0.2, 0.25) is 23.5 Å². The van der Waals surface area contributed by atoms with E-state index in [1.165, 1.54) is 6.92 Å². The van der Waals surface area contributed by atoms with Crippen LogP contribution in [0, 0.1) is 0 Å². The van der Waals surface area contributed by atoms with Crippen LogP contribution in [0.1, 0.15) is 61.5 Å². The van der Waals surface area contributed by atoms with Crippen LogP contribution < -0.4 is 16.2 Å². The maximum Gasteiger partial charge on any atom is 0.326 e. The number of nitrogens with zero attached hydrogens (tertiary/aromatic N) is 6. The first-order valence-electron chi connectivity index (χ1n) is 13.7. The Kier molecular flexibility index (Phi) is 10.2.